The maximum Gasteiger partial charge on any atom is 0.240 e. The molecule has 0 bridgehead atoms. The predicted octanol–water partition coefficient (Wildman–Crippen LogP) is 3.13. The molecule has 0 atom stereocenters. The van der Waals surface area contributed by atoms with Gasteiger partial charge in [-0.2, -0.15) is 0 Å². The van der Waals surface area contributed by atoms with Gasteiger partial charge in [0.1, 0.15) is 0 Å². The van der Waals surface area contributed by atoms with Gasteiger partial charge < -0.3 is 15.0 Å². The molecule has 2 N–H and O–H groups in total. The highest BCUT2D eigenvalue weighted by Gasteiger charge is 2.19. The first-order valence-corrected chi connectivity index (χ1v) is 12.0. The van der Waals surface area contributed by atoms with Crippen LogP contribution in [0.4, 0.5) is 11.4 Å². The largest absolute Gasteiger partial charge is 0.378 e. The summed E-state index contributed by atoms with van der Waals surface area (Å²) in [5, 5.41) is 2.90. The van der Waals surface area contributed by atoms with Gasteiger partial charge in [-0.05, 0) is 35.2 Å². The lowest BCUT2D eigenvalue weighted by Crippen LogP contribution is -2.36. The minimum atomic E-state index is -3.67. The van der Waals surface area contributed by atoms with Gasteiger partial charge in [0, 0.05) is 26.1 Å². The third-order valence-corrected chi connectivity index (χ3v) is 6.68. The Morgan fingerprint density at radius 1 is 1.03 bits per heavy atom. The van der Waals surface area contributed by atoms with Gasteiger partial charge in [-0.15, -0.1) is 0 Å². The minimum Gasteiger partial charge on any atom is -0.378 e. The Hall–Kier alpha value is -2.42. The van der Waals surface area contributed by atoms with Crippen LogP contribution in [0.15, 0.2) is 53.4 Å². The maximum absolute atomic E-state index is 12.5. The first kappa shape index (κ1) is 23.2. The van der Waals surface area contributed by atoms with E-state index in [9.17, 15) is 13.2 Å². The fraction of sp³-hybridized carbons (Fsp3) is 0.435. The topological polar surface area (TPSA) is 87.7 Å². The number of hydrogen-bond acceptors (Lipinski definition) is 5. The molecule has 1 aliphatic heterocycles. The van der Waals surface area contributed by atoms with Crippen molar-refractivity contribution < 1.29 is 17.9 Å². The average Bonchev–Trinajstić information content (AvgIpc) is 2.74. The lowest BCUT2D eigenvalue weighted by Gasteiger charge is -2.30. The summed E-state index contributed by atoms with van der Waals surface area (Å²) in [7, 11) is -3.67. The fourth-order valence-electron chi connectivity index (χ4n) is 3.39. The van der Waals surface area contributed by atoms with E-state index in [-0.39, 0.29) is 29.2 Å². The van der Waals surface area contributed by atoms with Gasteiger partial charge in [0.2, 0.25) is 15.9 Å². The molecule has 0 saturated carbocycles. The zero-order valence-electron chi connectivity index (χ0n) is 18.3. The Morgan fingerprint density at radius 2 is 1.68 bits per heavy atom. The van der Waals surface area contributed by atoms with Crippen LogP contribution in [0.1, 0.15) is 32.8 Å². The van der Waals surface area contributed by atoms with E-state index in [4.69, 9.17) is 4.74 Å². The van der Waals surface area contributed by atoms with Crippen molar-refractivity contribution in [3.8, 4) is 0 Å². The van der Waals surface area contributed by atoms with Crippen LogP contribution in [-0.4, -0.2) is 47.2 Å². The number of carbonyl (C=O) groups is 1. The van der Waals surface area contributed by atoms with E-state index in [1.165, 1.54) is 0 Å². The molecular weight excluding hydrogens is 414 g/mol. The van der Waals surface area contributed by atoms with E-state index in [2.05, 4.69) is 35.7 Å². The molecule has 0 aliphatic carbocycles. The number of hydrogen-bond donors (Lipinski definition) is 2. The first-order chi connectivity index (χ1) is 14.7. The maximum atomic E-state index is 12.5. The Kier molecular flexibility index (Phi) is 7.35. The van der Waals surface area contributed by atoms with Gasteiger partial charge in [-0.3, -0.25) is 4.79 Å². The lowest BCUT2D eigenvalue weighted by molar-refractivity contribution is -0.116. The van der Waals surface area contributed by atoms with E-state index in [0.717, 1.165) is 30.0 Å². The number of para-hydroxylation sites is 2. The SMILES string of the molecule is CC(C)(C)c1ccc(S(=O)(=O)NCCC(=O)Nc2ccccc2N2CCOCC2)cc1. The number of anilines is 2. The molecular formula is C23H31N3O4S. The van der Waals surface area contributed by atoms with Crippen LogP contribution < -0.4 is 14.9 Å². The molecule has 1 saturated heterocycles. The smallest absolute Gasteiger partial charge is 0.240 e. The van der Waals surface area contributed by atoms with Crippen molar-refractivity contribution >= 4 is 27.3 Å². The van der Waals surface area contributed by atoms with E-state index in [0.29, 0.717) is 13.2 Å². The van der Waals surface area contributed by atoms with Crippen LogP contribution >= 0.6 is 0 Å². The second-order valence-corrected chi connectivity index (χ2v) is 10.4. The van der Waals surface area contributed by atoms with Crippen LogP contribution in [0.2, 0.25) is 0 Å². The van der Waals surface area contributed by atoms with Crippen molar-refractivity contribution in [1.82, 2.24) is 4.72 Å². The van der Waals surface area contributed by atoms with Crippen molar-refractivity contribution in [1.29, 1.82) is 0 Å². The molecule has 7 nitrogen and oxygen atoms in total. The van der Waals surface area contributed by atoms with Gasteiger partial charge in [0.25, 0.3) is 0 Å². The highest BCUT2D eigenvalue weighted by atomic mass is 32.2. The molecule has 8 heteroatoms. The standard InChI is InChI=1S/C23H31N3O4S/c1-23(2,3)18-8-10-19(11-9-18)31(28,29)24-13-12-22(27)25-20-6-4-5-7-21(20)26-14-16-30-17-15-26/h4-11,24H,12-17H2,1-3H3,(H,25,27). The summed E-state index contributed by atoms with van der Waals surface area (Å²) in [5.74, 6) is -0.244. The Bertz CT molecular complexity index is 992. The molecule has 168 valence electrons. The molecule has 1 fully saturated rings. The molecule has 1 amide bonds. The average molecular weight is 446 g/mol. The third kappa shape index (κ3) is 6.29. The van der Waals surface area contributed by atoms with Gasteiger partial charge in [-0.25, -0.2) is 13.1 Å². The molecule has 0 unspecified atom stereocenters. The van der Waals surface area contributed by atoms with Gasteiger partial charge in [0.05, 0.1) is 29.5 Å². The number of ether oxygens (including phenoxy) is 1. The van der Waals surface area contributed by atoms with Crippen LogP contribution in [0.5, 0.6) is 0 Å². The summed E-state index contributed by atoms with van der Waals surface area (Å²) in [4.78, 5) is 14.8. The number of amides is 1. The van der Waals surface area contributed by atoms with Crippen molar-refractivity contribution in [3.63, 3.8) is 0 Å². The van der Waals surface area contributed by atoms with Crippen LogP contribution in [0.25, 0.3) is 0 Å². The second kappa shape index (κ2) is 9.80. The number of benzene rings is 2. The zero-order valence-corrected chi connectivity index (χ0v) is 19.2. The zero-order chi connectivity index (χ0) is 22.5. The number of nitrogens with zero attached hydrogens (tertiary/aromatic N) is 1. The van der Waals surface area contributed by atoms with Crippen LogP contribution in [0.3, 0.4) is 0 Å². The monoisotopic (exact) mass is 445 g/mol. The summed E-state index contributed by atoms with van der Waals surface area (Å²) in [5.41, 5.74) is 2.67. The fourth-order valence-corrected chi connectivity index (χ4v) is 4.42. The van der Waals surface area contributed by atoms with Gasteiger partial charge >= 0.3 is 0 Å². The molecule has 1 heterocycles. The Morgan fingerprint density at radius 3 is 2.32 bits per heavy atom. The molecule has 2 aromatic rings. The summed E-state index contributed by atoms with van der Waals surface area (Å²) >= 11 is 0. The molecule has 0 aromatic heterocycles. The second-order valence-electron chi connectivity index (χ2n) is 8.59. The molecule has 3 rings (SSSR count). The Balaban J connectivity index is 1.56. The number of carbonyl (C=O) groups excluding carboxylic acids is 1. The van der Waals surface area contributed by atoms with Gasteiger partial charge in [0.15, 0.2) is 0 Å². The van der Waals surface area contributed by atoms with E-state index in [1.807, 2.05) is 36.4 Å². The molecule has 31 heavy (non-hydrogen) atoms. The summed E-state index contributed by atoms with van der Waals surface area (Å²) < 4.78 is 33.0. The number of rotatable bonds is 7. The molecule has 0 spiro atoms. The van der Waals surface area contributed by atoms with Crippen LogP contribution in [0, 0.1) is 0 Å². The quantitative estimate of drug-likeness (QED) is 0.684. The normalized spacial score (nSPS) is 15.0. The highest BCUT2D eigenvalue weighted by Crippen LogP contribution is 2.26. The predicted molar refractivity (Wildman–Crippen MR) is 123 cm³/mol. The van der Waals surface area contributed by atoms with Crippen LogP contribution in [-0.2, 0) is 25.0 Å². The van der Waals surface area contributed by atoms with Crippen molar-refractivity contribution in [2.24, 2.45) is 0 Å². The van der Waals surface area contributed by atoms with E-state index >= 15 is 0 Å². The van der Waals surface area contributed by atoms with E-state index < -0.39 is 10.0 Å². The number of morpholine rings is 1. The van der Waals surface area contributed by atoms with Crippen molar-refractivity contribution in [2.75, 3.05) is 43.1 Å². The third-order valence-electron chi connectivity index (χ3n) is 5.20. The minimum absolute atomic E-state index is 0.0227. The number of sulfonamides is 1. The van der Waals surface area contributed by atoms with Gasteiger partial charge in [-0.1, -0.05) is 45.0 Å². The summed E-state index contributed by atoms with van der Waals surface area (Å²) in [6, 6.07) is 14.5. The first-order valence-electron chi connectivity index (χ1n) is 10.5. The van der Waals surface area contributed by atoms with Crippen molar-refractivity contribution in [2.45, 2.75) is 37.5 Å². The van der Waals surface area contributed by atoms with Crippen molar-refractivity contribution in [3.05, 3.63) is 54.1 Å². The summed E-state index contributed by atoms with van der Waals surface area (Å²) in [6.45, 7) is 9.08. The summed E-state index contributed by atoms with van der Waals surface area (Å²) in [6.07, 6.45) is 0.0384. The molecule has 1 aliphatic rings. The molecule has 2 aromatic carbocycles. The highest BCUT2D eigenvalue weighted by molar-refractivity contribution is 7.89. The Labute approximate surface area is 184 Å². The number of nitrogens with one attached hydrogen (secondary N) is 2. The molecule has 0 radical (unpaired) electrons. The lowest BCUT2D eigenvalue weighted by atomic mass is 9.87. The van der Waals surface area contributed by atoms with E-state index in [1.54, 1.807) is 12.1 Å².